The first-order valence-electron chi connectivity index (χ1n) is 6.96. The number of amides is 1. The van der Waals surface area contributed by atoms with Crippen LogP contribution in [0.1, 0.15) is 23.7 Å². The minimum Gasteiger partial charge on any atom is -0.379 e. The van der Waals surface area contributed by atoms with Crippen LogP contribution in [0.15, 0.2) is 18.3 Å². The molecular weight excluding hydrogens is 274 g/mol. The molecule has 1 aliphatic rings. The summed E-state index contributed by atoms with van der Waals surface area (Å²) in [5, 5.41) is 14.1. The van der Waals surface area contributed by atoms with E-state index in [1.807, 2.05) is 6.92 Å². The van der Waals surface area contributed by atoms with Gasteiger partial charge in [-0.2, -0.15) is 0 Å². The maximum Gasteiger partial charge on any atom is 0.251 e. The van der Waals surface area contributed by atoms with Crippen LogP contribution in [0.2, 0.25) is 0 Å². The second-order valence-corrected chi connectivity index (χ2v) is 4.83. The van der Waals surface area contributed by atoms with Crippen molar-refractivity contribution in [2.45, 2.75) is 25.5 Å². The van der Waals surface area contributed by atoms with E-state index in [0.717, 1.165) is 6.42 Å². The van der Waals surface area contributed by atoms with Gasteiger partial charge in [-0.05, 0) is 35.9 Å². The second-order valence-electron chi connectivity index (χ2n) is 4.83. The molecule has 0 aliphatic carbocycles. The lowest BCUT2D eigenvalue weighted by atomic mass is 10.1. The van der Waals surface area contributed by atoms with E-state index in [1.54, 1.807) is 18.3 Å². The van der Waals surface area contributed by atoms with Crippen LogP contribution in [0, 0.1) is 0 Å². The molecule has 8 heteroatoms. The lowest BCUT2D eigenvalue weighted by Gasteiger charge is -2.31. The summed E-state index contributed by atoms with van der Waals surface area (Å²) in [5.74, 6) is -0.155. The molecular formula is C13H17N5O3. The smallest absolute Gasteiger partial charge is 0.251 e. The molecule has 2 atom stereocenters. The molecule has 0 aromatic carbocycles. The van der Waals surface area contributed by atoms with Crippen LogP contribution in [-0.2, 0) is 9.47 Å². The van der Waals surface area contributed by atoms with Gasteiger partial charge in [0, 0.05) is 25.0 Å². The standard InChI is InChI=1S/C13H17N5O3/c1-2-21-11-8-20-6-4-10(11)14-13(19)9-3-5-18-12(7-9)15-16-17-18/h3,5,7,10-11H,2,4,6,8H2,1H3,(H,14,19)/t10-,11-/m0/s1. The first kappa shape index (κ1) is 13.9. The van der Waals surface area contributed by atoms with Gasteiger partial charge in [0.15, 0.2) is 5.65 Å². The highest BCUT2D eigenvalue weighted by Gasteiger charge is 2.27. The molecule has 8 nitrogen and oxygen atoms in total. The van der Waals surface area contributed by atoms with Crippen molar-refractivity contribution >= 4 is 11.6 Å². The Morgan fingerprint density at radius 2 is 2.52 bits per heavy atom. The average molecular weight is 291 g/mol. The third-order valence-corrected chi connectivity index (χ3v) is 3.46. The quantitative estimate of drug-likeness (QED) is 0.856. The molecule has 1 saturated heterocycles. The van der Waals surface area contributed by atoms with Gasteiger partial charge in [-0.1, -0.05) is 0 Å². The molecule has 1 aliphatic heterocycles. The Hall–Kier alpha value is -2.06. The van der Waals surface area contributed by atoms with Gasteiger partial charge >= 0.3 is 0 Å². The molecule has 0 bridgehead atoms. The maximum absolute atomic E-state index is 12.3. The topological polar surface area (TPSA) is 90.6 Å². The highest BCUT2D eigenvalue weighted by molar-refractivity contribution is 5.95. The summed E-state index contributed by atoms with van der Waals surface area (Å²) in [6, 6.07) is 3.30. The molecule has 112 valence electrons. The van der Waals surface area contributed by atoms with Crippen LogP contribution in [0.25, 0.3) is 5.65 Å². The van der Waals surface area contributed by atoms with Crippen molar-refractivity contribution in [2.75, 3.05) is 19.8 Å². The van der Waals surface area contributed by atoms with E-state index in [4.69, 9.17) is 9.47 Å². The Morgan fingerprint density at radius 3 is 3.38 bits per heavy atom. The number of nitrogens with one attached hydrogen (secondary N) is 1. The van der Waals surface area contributed by atoms with Gasteiger partial charge in [-0.3, -0.25) is 4.79 Å². The Balaban J connectivity index is 1.72. The largest absolute Gasteiger partial charge is 0.379 e. The van der Waals surface area contributed by atoms with E-state index in [0.29, 0.717) is 31.0 Å². The van der Waals surface area contributed by atoms with Crippen LogP contribution in [0.5, 0.6) is 0 Å². The first-order chi connectivity index (χ1) is 10.3. The van der Waals surface area contributed by atoms with Crippen LogP contribution in [-0.4, -0.2) is 57.9 Å². The number of carbonyl (C=O) groups is 1. The number of ether oxygens (including phenoxy) is 2. The van der Waals surface area contributed by atoms with E-state index in [9.17, 15) is 4.79 Å². The zero-order chi connectivity index (χ0) is 14.7. The van der Waals surface area contributed by atoms with E-state index in [-0.39, 0.29) is 18.1 Å². The minimum absolute atomic E-state index is 0.0431. The molecule has 0 radical (unpaired) electrons. The van der Waals surface area contributed by atoms with Gasteiger partial charge in [0.2, 0.25) is 0 Å². The molecule has 1 fully saturated rings. The normalized spacial score (nSPS) is 22.3. The molecule has 0 unspecified atom stereocenters. The number of carbonyl (C=O) groups excluding carboxylic acids is 1. The second kappa shape index (κ2) is 6.15. The van der Waals surface area contributed by atoms with E-state index in [1.165, 1.54) is 4.52 Å². The summed E-state index contributed by atoms with van der Waals surface area (Å²) >= 11 is 0. The van der Waals surface area contributed by atoms with Gasteiger partial charge in [0.05, 0.1) is 12.6 Å². The fraction of sp³-hybridized carbons (Fsp3) is 0.538. The van der Waals surface area contributed by atoms with Crippen LogP contribution in [0.4, 0.5) is 0 Å². The third-order valence-electron chi connectivity index (χ3n) is 3.46. The lowest BCUT2D eigenvalue weighted by Crippen LogP contribution is -2.50. The summed E-state index contributed by atoms with van der Waals surface area (Å²) in [7, 11) is 0. The molecule has 0 saturated carbocycles. The predicted molar refractivity (Wildman–Crippen MR) is 72.9 cm³/mol. The number of pyridine rings is 1. The summed E-state index contributed by atoms with van der Waals surface area (Å²) in [4.78, 5) is 12.3. The van der Waals surface area contributed by atoms with Gasteiger partial charge in [0.1, 0.15) is 6.10 Å². The van der Waals surface area contributed by atoms with Crippen LogP contribution >= 0.6 is 0 Å². The molecule has 0 spiro atoms. The Bertz CT molecular complexity index is 627. The Morgan fingerprint density at radius 1 is 1.62 bits per heavy atom. The zero-order valence-corrected chi connectivity index (χ0v) is 11.7. The molecule has 3 heterocycles. The van der Waals surface area contributed by atoms with Gasteiger partial charge in [0.25, 0.3) is 5.91 Å². The highest BCUT2D eigenvalue weighted by Crippen LogP contribution is 2.13. The first-order valence-corrected chi connectivity index (χ1v) is 6.96. The van der Waals surface area contributed by atoms with E-state index in [2.05, 4.69) is 20.8 Å². The van der Waals surface area contributed by atoms with Crippen molar-refractivity contribution in [3.63, 3.8) is 0 Å². The van der Waals surface area contributed by atoms with E-state index < -0.39 is 0 Å². The number of hydrogen-bond donors (Lipinski definition) is 1. The SMILES string of the molecule is CCO[C@H]1COCC[C@@H]1NC(=O)c1ccn2nnnc2c1. The van der Waals surface area contributed by atoms with Crippen molar-refractivity contribution < 1.29 is 14.3 Å². The van der Waals surface area contributed by atoms with Crippen molar-refractivity contribution in [3.8, 4) is 0 Å². The van der Waals surface area contributed by atoms with Gasteiger partial charge in [-0.25, -0.2) is 4.52 Å². The monoisotopic (exact) mass is 291 g/mol. The Labute approximate surface area is 121 Å². The van der Waals surface area contributed by atoms with Crippen molar-refractivity contribution in [3.05, 3.63) is 23.9 Å². The lowest BCUT2D eigenvalue weighted by molar-refractivity contribution is -0.0632. The number of hydrogen-bond acceptors (Lipinski definition) is 6. The average Bonchev–Trinajstić information content (AvgIpc) is 2.97. The fourth-order valence-electron chi connectivity index (χ4n) is 2.39. The number of rotatable bonds is 4. The number of tetrazole rings is 1. The highest BCUT2D eigenvalue weighted by atomic mass is 16.5. The van der Waals surface area contributed by atoms with E-state index >= 15 is 0 Å². The van der Waals surface area contributed by atoms with Crippen LogP contribution in [0.3, 0.4) is 0 Å². The molecule has 2 aromatic heterocycles. The van der Waals surface area contributed by atoms with Crippen molar-refractivity contribution in [1.82, 2.24) is 25.4 Å². The number of aromatic nitrogens is 4. The minimum atomic E-state index is -0.155. The van der Waals surface area contributed by atoms with Crippen LogP contribution < -0.4 is 5.32 Å². The fourth-order valence-corrected chi connectivity index (χ4v) is 2.39. The summed E-state index contributed by atoms with van der Waals surface area (Å²) in [5.41, 5.74) is 1.06. The molecule has 2 aromatic rings. The summed E-state index contributed by atoms with van der Waals surface area (Å²) < 4.78 is 12.5. The zero-order valence-electron chi connectivity index (χ0n) is 11.7. The molecule has 21 heavy (non-hydrogen) atoms. The molecule has 1 N–H and O–H groups in total. The predicted octanol–water partition coefficient (Wildman–Crippen LogP) is 0.0481. The third kappa shape index (κ3) is 3.01. The summed E-state index contributed by atoms with van der Waals surface area (Å²) in [6.45, 7) is 3.66. The molecule has 3 rings (SSSR count). The summed E-state index contributed by atoms with van der Waals surface area (Å²) in [6.07, 6.45) is 2.30. The van der Waals surface area contributed by atoms with Gasteiger partial charge in [-0.15, -0.1) is 5.10 Å². The van der Waals surface area contributed by atoms with Gasteiger partial charge < -0.3 is 14.8 Å². The van der Waals surface area contributed by atoms with Crippen molar-refractivity contribution in [2.24, 2.45) is 0 Å². The molecule has 1 amide bonds. The Kier molecular flexibility index (Phi) is 4.07. The van der Waals surface area contributed by atoms with Crippen molar-refractivity contribution in [1.29, 1.82) is 0 Å². The number of fused-ring (bicyclic) bond motifs is 1. The maximum atomic E-state index is 12.3. The number of nitrogens with zero attached hydrogens (tertiary/aromatic N) is 4.